The highest BCUT2D eigenvalue weighted by Gasteiger charge is 2.27. The van der Waals surface area contributed by atoms with E-state index in [-0.39, 0.29) is 11.9 Å². The van der Waals surface area contributed by atoms with Crippen molar-refractivity contribution >= 4 is 11.9 Å². The molecule has 2 aliphatic heterocycles. The van der Waals surface area contributed by atoms with Gasteiger partial charge in [0.15, 0.2) is 11.9 Å². The molecule has 1 saturated heterocycles. The van der Waals surface area contributed by atoms with Gasteiger partial charge < -0.3 is 19.0 Å². The number of methoxy groups -OCH3 is 1. The predicted molar refractivity (Wildman–Crippen MR) is 126 cm³/mol. The van der Waals surface area contributed by atoms with E-state index in [9.17, 15) is 4.39 Å². The van der Waals surface area contributed by atoms with Gasteiger partial charge in [-0.1, -0.05) is 23.4 Å². The standard InChI is InChI=1S/C26H27FN4O2/c1-18-16-31(17-28-18)23-10-5-19(15-25(23)32-2)14-21-4-3-12-30-13-11-24(33-29-26(21)30)20-6-8-22(27)9-7-20/h5-10,14-17,24H,3-4,11-13H2,1-2H3/b21-14+/t24-/m0/s1. The molecule has 33 heavy (non-hydrogen) atoms. The van der Waals surface area contributed by atoms with Gasteiger partial charge in [0.1, 0.15) is 11.6 Å². The lowest BCUT2D eigenvalue weighted by Gasteiger charge is -2.29. The van der Waals surface area contributed by atoms with Gasteiger partial charge in [-0.05, 0) is 66.8 Å². The van der Waals surface area contributed by atoms with Crippen LogP contribution < -0.4 is 4.74 Å². The van der Waals surface area contributed by atoms with Gasteiger partial charge in [0.25, 0.3) is 0 Å². The van der Waals surface area contributed by atoms with Crippen molar-refractivity contribution in [3.8, 4) is 11.4 Å². The van der Waals surface area contributed by atoms with Crippen LogP contribution in [0.2, 0.25) is 0 Å². The monoisotopic (exact) mass is 446 g/mol. The Morgan fingerprint density at radius 3 is 2.76 bits per heavy atom. The second kappa shape index (κ2) is 9.10. The lowest BCUT2D eigenvalue weighted by molar-refractivity contribution is 0.0576. The fraction of sp³-hybridized carbons (Fsp3) is 0.308. The van der Waals surface area contributed by atoms with E-state index in [0.29, 0.717) is 0 Å². The van der Waals surface area contributed by atoms with Crippen molar-refractivity contribution in [1.29, 1.82) is 0 Å². The Bertz CT molecular complexity index is 1200. The minimum absolute atomic E-state index is 0.178. The molecule has 1 fully saturated rings. The number of fused-ring (bicyclic) bond motifs is 1. The smallest absolute Gasteiger partial charge is 0.171 e. The first kappa shape index (κ1) is 21.2. The fourth-order valence-corrected chi connectivity index (χ4v) is 4.45. The zero-order valence-corrected chi connectivity index (χ0v) is 18.9. The molecule has 2 aliphatic rings. The second-order valence-electron chi connectivity index (χ2n) is 8.46. The molecule has 3 aromatic rings. The number of aromatic nitrogens is 2. The third-order valence-electron chi connectivity index (χ3n) is 6.16. The highest BCUT2D eigenvalue weighted by molar-refractivity contribution is 6.02. The topological polar surface area (TPSA) is 51.9 Å². The molecule has 7 heteroatoms. The average molecular weight is 447 g/mol. The number of nitrogens with zero attached hydrogens (tertiary/aromatic N) is 4. The number of rotatable bonds is 4. The highest BCUT2D eigenvalue weighted by Crippen LogP contribution is 2.31. The van der Waals surface area contributed by atoms with Crippen molar-refractivity contribution < 1.29 is 14.0 Å². The Hall–Kier alpha value is -3.61. The van der Waals surface area contributed by atoms with Crippen LogP contribution in [0, 0.1) is 12.7 Å². The molecule has 170 valence electrons. The van der Waals surface area contributed by atoms with Gasteiger partial charge in [-0.2, -0.15) is 0 Å². The SMILES string of the molecule is COc1cc(/C=C2\CCCN3CC[C@@H](c4ccc(F)cc4)ON=C23)ccc1-n1cnc(C)c1. The maximum absolute atomic E-state index is 13.3. The van der Waals surface area contributed by atoms with E-state index in [1.165, 1.54) is 12.1 Å². The van der Waals surface area contributed by atoms with Gasteiger partial charge in [0.2, 0.25) is 0 Å². The number of oxime groups is 1. The molecule has 2 aromatic carbocycles. The molecule has 0 aliphatic carbocycles. The summed E-state index contributed by atoms with van der Waals surface area (Å²) < 4.78 is 20.9. The van der Waals surface area contributed by atoms with Gasteiger partial charge in [-0.25, -0.2) is 9.37 Å². The number of benzene rings is 2. The van der Waals surface area contributed by atoms with Crippen LogP contribution in [0.25, 0.3) is 11.8 Å². The van der Waals surface area contributed by atoms with Crippen molar-refractivity contribution in [2.45, 2.75) is 32.3 Å². The molecular formula is C26H27FN4O2. The van der Waals surface area contributed by atoms with Crippen molar-refractivity contribution in [1.82, 2.24) is 14.5 Å². The number of ether oxygens (including phenoxy) is 1. The summed E-state index contributed by atoms with van der Waals surface area (Å²) in [5.74, 6) is 1.43. The molecule has 6 nitrogen and oxygen atoms in total. The molecule has 0 bridgehead atoms. The van der Waals surface area contributed by atoms with Gasteiger partial charge in [0, 0.05) is 25.7 Å². The van der Waals surface area contributed by atoms with Crippen LogP contribution in [-0.4, -0.2) is 40.5 Å². The Morgan fingerprint density at radius 2 is 2.00 bits per heavy atom. The molecular weight excluding hydrogens is 419 g/mol. The lowest BCUT2D eigenvalue weighted by atomic mass is 9.99. The molecule has 5 rings (SSSR count). The molecule has 0 amide bonds. The van der Waals surface area contributed by atoms with Crippen LogP contribution in [0.4, 0.5) is 4.39 Å². The molecule has 0 radical (unpaired) electrons. The van der Waals surface area contributed by atoms with Gasteiger partial charge in [-0.15, -0.1) is 0 Å². The van der Waals surface area contributed by atoms with Crippen LogP contribution in [0.5, 0.6) is 5.75 Å². The van der Waals surface area contributed by atoms with Crippen molar-refractivity contribution in [2.24, 2.45) is 5.16 Å². The van der Waals surface area contributed by atoms with E-state index in [1.807, 2.05) is 29.8 Å². The quantitative estimate of drug-likeness (QED) is 0.547. The van der Waals surface area contributed by atoms with E-state index in [0.717, 1.165) is 72.0 Å². The average Bonchev–Trinajstić information content (AvgIpc) is 3.14. The first-order valence-electron chi connectivity index (χ1n) is 11.2. The number of hydrogen-bond donors (Lipinski definition) is 0. The maximum Gasteiger partial charge on any atom is 0.171 e. The van der Waals surface area contributed by atoms with Crippen LogP contribution in [0.1, 0.15) is 42.2 Å². The van der Waals surface area contributed by atoms with E-state index < -0.39 is 0 Å². The largest absolute Gasteiger partial charge is 0.495 e. The predicted octanol–water partition coefficient (Wildman–Crippen LogP) is 5.28. The van der Waals surface area contributed by atoms with Crippen LogP contribution in [-0.2, 0) is 4.84 Å². The molecule has 3 heterocycles. The van der Waals surface area contributed by atoms with Gasteiger partial charge in [0.05, 0.1) is 24.8 Å². The molecule has 0 unspecified atom stereocenters. The lowest BCUT2D eigenvalue weighted by Crippen LogP contribution is -2.37. The summed E-state index contributed by atoms with van der Waals surface area (Å²) in [6.07, 6.45) is 8.56. The summed E-state index contributed by atoms with van der Waals surface area (Å²) in [4.78, 5) is 12.5. The molecule has 1 aromatic heterocycles. The summed E-state index contributed by atoms with van der Waals surface area (Å²) in [6.45, 7) is 3.77. The van der Waals surface area contributed by atoms with Crippen molar-refractivity contribution in [3.05, 3.63) is 83.2 Å². The van der Waals surface area contributed by atoms with E-state index in [2.05, 4.69) is 27.2 Å². The van der Waals surface area contributed by atoms with E-state index >= 15 is 0 Å². The first-order chi connectivity index (χ1) is 16.1. The minimum Gasteiger partial charge on any atom is -0.495 e. The Balaban J connectivity index is 1.42. The minimum atomic E-state index is -0.244. The summed E-state index contributed by atoms with van der Waals surface area (Å²) in [5, 5.41) is 4.55. The Kier molecular flexibility index (Phi) is 5.86. The zero-order valence-electron chi connectivity index (χ0n) is 18.9. The summed E-state index contributed by atoms with van der Waals surface area (Å²) >= 11 is 0. The van der Waals surface area contributed by atoms with Gasteiger partial charge in [-0.3, -0.25) is 0 Å². The maximum atomic E-state index is 13.3. The Labute approximate surface area is 192 Å². The van der Waals surface area contributed by atoms with Gasteiger partial charge >= 0.3 is 0 Å². The third-order valence-corrected chi connectivity index (χ3v) is 6.16. The molecule has 0 saturated carbocycles. The van der Waals surface area contributed by atoms with Crippen molar-refractivity contribution in [2.75, 3.05) is 20.2 Å². The molecule has 0 N–H and O–H groups in total. The summed E-state index contributed by atoms with van der Waals surface area (Å²) in [7, 11) is 1.68. The van der Waals surface area contributed by atoms with Crippen LogP contribution in [0.15, 0.2) is 65.7 Å². The molecule has 1 atom stereocenters. The number of aryl methyl sites for hydroxylation is 1. The van der Waals surface area contributed by atoms with E-state index in [4.69, 9.17) is 9.57 Å². The first-order valence-corrected chi connectivity index (χ1v) is 11.2. The Morgan fingerprint density at radius 1 is 1.15 bits per heavy atom. The second-order valence-corrected chi connectivity index (χ2v) is 8.46. The number of piperidine rings is 1. The van der Waals surface area contributed by atoms with Crippen LogP contribution in [0.3, 0.4) is 0 Å². The highest BCUT2D eigenvalue weighted by atomic mass is 19.1. The molecule has 0 spiro atoms. The van der Waals surface area contributed by atoms with Crippen molar-refractivity contribution in [3.63, 3.8) is 0 Å². The number of amidine groups is 1. The number of imidazole rings is 1. The number of halogens is 1. The fourth-order valence-electron chi connectivity index (χ4n) is 4.45. The normalized spacial score (nSPS) is 19.5. The van der Waals surface area contributed by atoms with E-state index in [1.54, 1.807) is 25.6 Å². The van der Waals surface area contributed by atoms with Crippen LogP contribution >= 0.6 is 0 Å². The summed E-state index contributed by atoms with van der Waals surface area (Å²) in [5.41, 5.74) is 5.04. The summed E-state index contributed by atoms with van der Waals surface area (Å²) in [6, 6.07) is 12.7. The third kappa shape index (κ3) is 4.49. The zero-order chi connectivity index (χ0) is 22.8. The number of hydrogen-bond acceptors (Lipinski definition) is 5.